The largest absolute Gasteiger partial charge is 0.478 e. The van der Waals surface area contributed by atoms with Crippen LogP contribution in [0.15, 0.2) is 36.5 Å². The van der Waals surface area contributed by atoms with Gasteiger partial charge in [0, 0.05) is 12.2 Å². The number of ether oxygens (including phenoxy) is 1. The SMILES string of the molecule is C=CC(C)(CCC=C(C)C)OC(=O)C=CC(=O)O. The fourth-order valence-corrected chi connectivity index (χ4v) is 1.25. The molecule has 1 N–H and O–H groups in total. The van der Waals surface area contributed by atoms with Crippen LogP contribution in [0.25, 0.3) is 0 Å². The van der Waals surface area contributed by atoms with Gasteiger partial charge in [0.15, 0.2) is 0 Å². The molecule has 0 aromatic heterocycles. The summed E-state index contributed by atoms with van der Waals surface area (Å²) in [6.07, 6.45) is 6.61. The summed E-state index contributed by atoms with van der Waals surface area (Å²) in [6, 6.07) is 0. The van der Waals surface area contributed by atoms with Crippen LogP contribution >= 0.6 is 0 Å². The van der Waals surface area contributed by atoms with E-state index in [4.69, 9.17) is 9.84 Å². The van der Waals surface area contributed by atoms with Crippen molar-refractivity contribution in [3.05, 3.63) is 36.5 Å². The van der Waals surface area contributed by atoms with Gasteiger partial charge in [-0.05, 0) is 39.7 Å². The second kappa shape index (κ2) is 7.48. The molecule has 0 bridgehead atoms. The van der Waals surface area contributed by atoms with Gasteiger partial charge in [0.1, 0.15) is 5.60 Å². The normalized spacial score (nSPS) is 13.7. The molecule has 0 saturated heterocycles. The summed E-state index contributed by atoms with van der Waals surface area (Å²) in [5, 5.41) is 8.40. The highest BCUT2D eigenvalue weighted by molar-refractivity contribution is 5.90. The van der Waals surface area contributed by atoms with Crippen LogP contribution in [0.3, 0.4) is 0 Å². The molecule has 4 heteroatoms. The van der Waals surface area contributed by atoms with Gasteiger partial charge in [-0.3, -0.25) is 0 Å². The van der Waals surface area contributed by atoms with Crippen LogP contribution in [0, 0.1) is 0 Å². The van der Waals surface area contributed by atoms with Crippen molar-refractivity contribution >= 4 is 11.9 Å². The number of aliphatic carboxylic acids is 1. The molecule has 100 valence electrons. The minimum atomic E-state index is -1.18. The maximum Gasteiger partial charge on any atom is 0.331 e. The van der Waals surface area contributed by atoms with Crippen LogP contribution in [0.1, 0.15) is 33.6 Å². The molecule has 0 spiro atoms. The first-order valence-electron chi connectivity index (χ1n) is 5.70. The van der Waals surface area contributed by atoms with Gasteiger partial charge in [-0.2, -0.15) is 0 Å². The van der Waals surface area contributed by atoms with Crippen LogP contribution in [-0.2, 0) is 14.3 Å². The predicted octanol–water partition coefficient (Wildman–Crippen LogP) is 2.86. The van der Waals surface area contributed by atoms with E-state index in [1.54, 1.807) is 13.0 Å². The van der Waals surface area contributed by atoms with E-state index in [1.807, 2.05) is 19.9 Å². The Morgan fingerprint density at radius 2 is 1.94 bits per heavy atom. The molecule has 0 radical (unpaired) electrons. The van der Waals surface area contributed by atoms with Crippen LogP contribution in [0.5, 0.6) is 0 Å². The smallest absolute Gasteiger partial charge is 0.331 e. The van der Waals surface area contributed by atoms with Crippen LogP contribution in [-0.4, -0.2) is 22.6 Å². The predicted molar refractivity (Wildman–Crippen MR) is 70.1 cm³/mol. The van der Waals surface area contributed by atoms with Crippen LogP contribution < -0.4 is 0 Å². The number of esters is 1. The fraction of sp³-hybridized carbons (Fsp3) is 0.429. The van der Waals surface area contributed by atoms with Gasteiger partial charge in [0.2, 0.25) is 0 Å². The van der Waals surface area contributed by atoms with Crippen LogP contribution in [0.2, 0.25) is 0 Å². The number of hydrogen-bond donors (Lipinski definition) is 1. The van der Waals surface area contributed by atoms with Gasteiger partial charge < -0.3 is 9.84 Å². The Labute approximate surface area is 108 Å². The van der Waals surface area contributed by atoms with Crippen molar-refractivity contribution < 1.29 is 19.4 Å². The average Bonchev–Trinajstić information content (AvgIpc) is 2.25. The number of hydrogen-bond acceptors (Lipinski definition) is 3. The van der Waals surface area contributed by atoms with Gasteiger partial charge in [-0.1, -0.05) is 18.2 Å². The molecule has 0 aromatic rings. The molecule has 0 fully saturated rings. The molecule has 1 atom stereocenters. The molecule has 0 aliphatic carbocycles. The number of carboxylic acids is 1. The molecule has 1 unspecified atom stereocenters. The maximum atomic E-state index is 11.4. The van der Waals surface area contributed by atoms with E-state index < -0.39 is 17.5 Å². The van der Waals surface area contributed by atoms with Crippen molar-refractivity contribution in [1.82, 2.24) is 0 Å². The summed E-state index contributed by atoms with van der Waals surface area (Å²) in [5.41, 5.74) is 0.407. The van der Waals surface area contributed by atoms with Gasteiger partial charge in [0.25, 0.3) is 0 Å². The number of carboxylic acid groups (broad SMARTS) is 1. The number of rotatable bonds is 7. The highest BCUT2D eigenvalue weighted by atomic mass is 16.6. The van der Waals surface area contributed by atoms with E-state index in [0.717, 1.165) is 18.6 Å². The number of allylic oxidation sites excluding steroid dienone is 2. The lowest BCUT2D eigenvalue weighted by atomic mass is 9.99. The third-order valence-electron chi connectivity index (χ3n) is 2.32. The number of carbonyl (C=O) groups excluding carboxylic acids is 1. The standard InChI is InChI=1S/C14H20O4/c1-5-14(4,10-6-7-11(2)3)18-13(17)9-8-12(15)16/h5,7-9H,1,6,10H2,2-4H3,(H,15,16). The summed E-state index contributed by atoms with van der Waals surface area (Å²) >= 11 is 0. The Hall–Kier alpha value is -1.84. The Kier molecular flexibility index (Phi) is 6.71. The monoisotopic (exact) mass is 252 g/mol. The van der Waals surface area contributed by atoms with Crippen molar-refractivity contribution in [2.45, 2.75) is 39.2 Å². The zero-order valence-electron chi connectivity index (χ0n) is 11.1. The highest BCUT2D eigenvalue weighted by Crippen LogP contribution is 2.20. The lowest BCUT2D eigenvalue weighted by molar-refractivity contribution is -0.148. The van der Waals surface area contributed by atoms with Gasteiger partial charge in [-0.25, -0.2) is 9.59 Å². The molecule has 0 saturated carbocycles. The second-order valence-corrected chi connectivity index (χ2v) is 4.43. The Morgan fingerprint density at radius 3 is 2.39 bits per heavy atom. The molecule has 0 heterocycles. The van der Waals surface area contributed by atoms with E-state index in [0.29, 0.717) is 6.42 Å². The third kappa shape index (κ3) is 7.44. The van der Waals surface area contributed by atoms with E-state index in [-0.39, 0.29) is 0 Å². The summed E-state index contributed by atoms with van der Waals surface area (Å²) < 4.78 is 5.18. The van der Waals surface area contributed by atoms with Crippen molar-refractivity contribution in [3.63, 3.8) is 0 Å². The lowest BCUT2D eigenvalue weighted by Crippen LogP contribution is -2.28. The van der Waals surface area contributed by atoms with Crippen molar-refractivity contribution in [3.8, 4) is 0 Å². The quantitative estimate of drug-likeness (QED) is 0.430. The first-order chi connectivity index (χ1) is 8.29. The summed E-state index contributed by atoms with van der Waals surface area (Å²) in [5.74, 6) is -1.87. The molecular formula is C14H20O4. The molecule has 18 heavy (non-hydrogen) atoms. The minimum absolute atomic E-state index is 0.605. The van der Waals surface area contributed by atoms with Gasteiger partial charge >= 0.3 is 11.9 Å². The summed E-state index contributed by atoms with van der Waals surface area (Å²) in [7, 11) is 0. The van der Waals surface area contributed by atoms with Crippen LogP contribution in [0.4, 0.5) is 0 Å². The molecule has 0 rings (SSSR count). The minimum Gasteiger partial charge on any atom is -0.478 e. The molecule has 0 amide bonds. The molecule has 0 aromatic carbocycles. The van der Waals surface area contributed by atoms with E-state index in [1.165, 1.54) is 5.57 Å². The van der Waals surface area contributed by atoms with Crippen molar-refractivity contribution in [2.24, 2.45) is 0 Å². The molecular weight excluding hydrogens is 232 g/mol. The number of carbonyl (C=O) groups is 2. The first kappa shape index (κ1) is 16.2. The molecule has 0 aliphatic heterocycles. The second-order valence-electron chi connectivity index (χ2n) is 4.43. The Bertz CT molecular complexity index is 375. The lowest BCUT2D eigenvalue weighted by Gasteiger charge is -2.24. The van der Waals surface area contributed by atoms with E-state index in [9.17, 15) is 9.59 Å². The third-order valence-corrected chi connectivity index (χ3v) is 2.32. The summed E-state index contributed by atoms with van der Waals surface area (Å²) in [4.78, 5) is 21.6. The highest BCUT2D eigenvalue weighted by Gasteiger charge is 2.23. The Morgan fingerprint density at radius 1 is 1.33 bits per heavy atom. The van der Waals surface area contributed by atoms with Gasteiger partial charge in [-0.15, -0.1) is 0 Å². The average molecular weight is 252 g/mol. The Balaban J connectivity index is 4.47. The summed E-state index contributed by atoms with van der Waals surface area (Å²) in [6.45, 7) is 9.37. The first-order valence-corrected chi connectivity index (χ1v) is 5.70. The topological polar surface area (TPSA) is 63.6 Å². The van der Waals surface area contributed by atoms with E-state index >= 15 is 0 Å². The maximum absolute atomic E-state index is 11.4. The fourth-order valence-electron chi connectivity index (χ4n) is 1.25. The zero-order chi connectivity index (χ0) is 14.2. The van der Waals surface area contributed by atoms with E-state index in [2.05, 4.69) is 6.58 Å². The van der Waals surface area contributed by atoms with Gasteiger partial charge in [0.05, 0.1) is 0 Å². The van der Waals surface area contributed by atoms with Crippen molar-refractivity contribution in [1.29, 1.82) is 0 Å². The zero-order valence-corrected chi connectivity index (χ0v) is 11.1. The van der Waals surface area contributed by atoms with Crippen molar-refractivity contribution in [2.75, 3.05) is 0 Å². The molecule has 4 nitrogen and oxygen atoms in total. The molecule has 0 aliphatic rings.